The fourth-order valence-corrected chi connectivity index (χ4v) is 7.04. The standard InChI is InChI=1S/C44H30FN5O/c1-29-21-22-47-44(23-29)50-39-11-5-3-9-36(39)37-20-19-34(27-43(37)50)51-35-25-31(30-15-17-32(46-2)18-16-30)24-33(26-35)48-28-49(40-12-6-4-10-38(40)45)42-14-8-7-13-41(42)48/h3-27H,28H2,1H3. The van der Waals surface area contributed by atoms with Crippen molar-refractivity contribution in [1.82, 2.24) is 9.55 Å². The van der Waals surface area contributed by atoms with Gasteiger partial charge >= 0.3 is 0 Å². The van der Waals surface area contributed by atoms with Crippen molar-refractivity contribution in [3.8, 4) is 28.4 Å². The molecule has 0 atom stereocenters. The third-order valence-corrected chi connectivity index (χ3v) is 9.43. The molecular weight excluding hydrogens is 634 g/mol. The molecule has 0 radical (unpaired) electrons. The summed E-state index contributed by atoms with van der Waals surface area (Å²) in [5, 5.41) is 2.25. The Bertz CT molecular complexity index is 2660. The number of aromatic nitrogens is 2. The highest BCUT2D eigenvalue weighted by atomic mass is 19.1. The first-order chi connectivity index (χ1) is 25.0. The smallest absolute Gasteiger partial charge is 0.187 e. The minimum absolute atomic E-state index is 0.277. The average Bonchev–Trinajstić information content (AvgIpc) is 3.71. The van der Waals surface area contributed by atoms with Gasteiger partial charge in [-0.1, -0.05) is 66.7 Å². The van der Waals surface area contributed by atoms with Gasteiger partial charge in [-0.2, -0.15) is 0 Å². The van der Waals surface area contributed by atoms with Gasteiger partial charge in [0.05, 0.1) is 34.7 Å². The molecule has 7 heteroatoms. The molecule has 0 fully saturated rings. The molecule has 6 aromatic carbocycles. The maximum Gasteiger partial charge on any atom is 0.187 e. The molecule has 51 heavy (non-hydrogen) atoms. The Kier molecular flexibility index (Phi) is 7.22. The summed E-state index contributed by atoms with van der Waals surface area (Å²) in [6, 6.07) is 47.3. The van der Waals surface area contributed by atoms with Crippen LogP contribution in [0.25, 0.3) is 43.6 Å². The fourth-order valence-electron chi connectivity index (χ4n) is 7.04. The first kappa shape index (κ1) is 30.2. The second-order valence-corrected chi connectivity index (χ2v) is 12.6. The molecular formula is C44H30FN5O. The molecule has 0 N–H and O–H groups in total. The molecule has 1 aliphatic heterocycles. The number of aryl methyl sites for hydroxylation is 1. The quantitative estimate of drug-likeness (QED) is 0.166. The molecule has 0 unspecified atom stereocenters. The summed E-state index contributed by atoms with van der Waals surface area (Å²) in [7, 11) is 0. The first-order valence-corrected chi connectivity index (χ1v) is 16.7. The molecule has 0 aliphatic carbocycles. The van der Waals surface area contributed by atoms with E-state index in [0.29, 0.717) is 29.5 Å². The van der Waals surface area contributed by atoms with E-state index in [1.807, 2.05) is 90.0 Å². The lowest BCUT2D eigenvalue weighted by Crippen LogP contribution is -2.24. The maximum atomic E-state index is 15.1. The van der Waals surface area contributed by atoms with E-state index in [1.165, 1.54) is 6.07 Å². The summed E-state index contributed by atoms with van der Waals surface area (Å²) >= 11 is 0. The summed E-state index contributed by atoms with van der Waals surface area (Å²) < 4.78 is 24.1. The van der Waals surface area contributed by atoms with Crippen molar-refractivity contribution in [3.63, 3.8) is 0 Å². The van der Waals surface area contributed by atoms with Gasteiger partial charge in [-0.3, -0.25) is 4.57 Å². The zero-order chi connectivity index (χ0) is 34.5. The van der Waals surface area contributed by atoms with Crippen molar-refractivity contribution in [2.45, 2.75) is 6.92 Å². The van der Waals surface area contributed by atoms with E-state index in [2.05, 4.69) is 69.8 Å². The number of nitrogens with zero attached hydrogens (tertiary/aromatic N) is 5. The van der Waals surface area contributed by atoms with Crippen molar-refractivity contribution in [2.75, 3.05) is 16.5 Å². The fraction of sp³-hybridized carbons (Fsp3) is 0.0455. The third-order valence-electron chi connectivity index (χ3n) is 9.43. The Morgan fingerprint density at radius 3 is 2.16 bits per heavy atom. The molecule has 0 spiro atoms. The van der Waals surface area contributed by atoms with E-state index in [1.54, 1.807) is 12.1 Å². The number of ether oxygens (including phenoxy) is 1. The molecule has 0 amide bonds. The number of rotatable bonds is 6. The minimum atomic E-state index is -0.277. The van der Waals surface area contributed by atoms with Crippen LogP contribution < -0.4 is 14.5 Å². The number of hydrogen-bond acceptors (Lipinski definition) is 4. The van der Waals surface area contributed by atoms with Gasteiger partial charge in [0, 0.05) is 34.8 Å². The van der Waals surface area contributed by atoms with Crippen LogP contribution >= 0.6 is 0 Å². The van der Waals surface area contributed by atoms with Crippen LogP contribution in [0.4, 0.5) is 32.8 Å². The highest BCUT2D eigenvalue weighted by Crippen LogP contribution is 2.46. The summed E-state index contributed by atoms with van der Waals surface area (Å²) in [4.78, 5) is 12.5. The number of anilines is 4. The third kappa shape index (κ3) is 5.31. The van der Waals surface area contributed by atoms with Crippen LogP contribution in [-0.4, -0.2) is 16.2 Å². The molecule has 244 valence electrons. The Labute approximate surface area is 294 Å². The maximum absolute atomic E-state index is 15.1. The average molecular weight is 664 g/mol. The van der Waals surface area contributed by atoms with E-state index in [0.717, 1.165) is 61.4 Å². The lowest BCUT2D eigenvalue weighted by molar-refractivity contribution is 0.483. The van der Waals surface area contributed by atoms with Crippen molar-refractivity contribution in [1.29, 1.82) is 0 Å². The zero-order valence-electron chi connectivity index (χ0n) is 27.7. The molecule has 1 aliphatic rings. The lowest BCUT2D eigenvalue weighted by atomic mass is 10.0. The number of pyridine rings is 1. The van der Waals surface area contributed by atoms with Crippen LogP contribution in [0.1, 0.15) is 5.56 Å². The normalized spacial score (nSPS) is 12.3. The molecule has 2 aromatic heterocycles. The zero-order valence-corrected chi connectivity index (χ0v) is 27.7. The molecule has 8 aromatic rings. The monoisotopic (exact) mass is 663 g/mol. The lowest BCUT2D eigenvalue weighted by Gasteiger charge is -2.23. The molecule has 0 bridgehead atoms. The van der Waals surface area contributed by atoms with Crippen LogP contribution in [0.3, 0.4) is 0 Å². The molecule has 6 nitrogen and oxygen atoms in total. The molecule has 0 saturated carbocycles. The van der Waals surface area contributed by atoms with Gasteiger partial charge in [0.25, 0.3) is 0 Å². The van der Waals surface area contributed by atoms with Crippen LogP contribution in [0.5, 0.6) is 11.5 Å². The van der Waals surface area contributed by atoms with Gasteiger partial charge in [-0.15, -0.1) is 0 Å². The minimum Gasteiger partial charge on any atom is -0.457 e. The van der Waals surface area contributed by atoms with E-state index in [-0.39, 0.29) is 5.82 Å². The second kappa shape index (κ2) is 12.2. The van der Waals surface area contributed by atoms with E-state index >= 15 is 4.39 Å². The number of fused-ring (bicyclic) bond motifs is 4. The van der Waals surface area contributed by atoms with Crippen LogP contribution in [0.15, 0.2) is 152 Å². The SMILES string of the molecule is [C-]#[N+]c1ccc(-c2cc(Oc3ccc4c5ccccc5n(-c5cc(C)ccn5)c4c3)cc(N3CN(c4ccccc4F)c4ccccc43)c2)cc1. The van der Waals surface area contributed by atoms with Gasteiger partial charge in [0.2, 0.25) is 0 Å². The molecule has 9 rings (SSSR count). The van der Waals surface area contributed by atoms with Crippen LogP contribution in [-0.2, 0) is 0 Å². The Morgan fingerprint density at radius 1 is 0.647 bits per heavy atom. The number of para-hydroxylation sites is 4. The summed E-state index contributed by atoms with van der Waals surface area (Å²) in [5.41, 5.74) is 8.94. The summed E-state index contributed by atoms with van der Waals surface area (Å²) in [5.74, 6) is 1.90. The van der Waals surface area contributed by atoms with Crippen molar-refractivity contribution in [2.24, 2.45) is 0 Å². The number of benzene rings is 6. The molecule has 0 saturated heterocycles. The summed E-state index contributed by atoms with van der Waals surface area (Å²) in [6.07, 6.45) is 1.84. The largest absolute Gasteiger partial charge is 0.457 e. The van der Waals surface area contributed by atoms with E-state index in [9.17, 15) is 0 Å². The summed E-state index contributed by atoms with van der Waals surface area (Å²) in [6.45, 7) is 9.92. The highest BCUT2D eigenvalue weighted by molar-refractivity contribution is 6.09. The van der Waals surface area contributed by atoms with Crippen LogP contribution in [0.2, 0.25) is 0 Å². The van der Waals surface area contributed by atoms with Crippen molar-refractivity contribution < 1.29 is 9.13 Å². The molecule has 3 heterocycles. The highest BCUT2D eigenvalue weighted by Gasteiger charge is 2.30. The Balaban J connectivity index is 1.17. The van der Waals surface area contributed by atoms with Crippen molar-refractivity contribution in [3.05, 3.63) is 175 Å². The van der Waals surface area contributed by atoms with Crippen molar-refractivity contribution >= 4 is 50.2 Å². The van der Waals surface area contributed by atoms with Gasteiger partial charge in [0.1, 0.15) is 29.8 Å². The van der Waals surface area contributed by atoms with E-state index < -0.39 is 0 Å². The predicted octanol–water partition coefficient (Wildman–Crippen LogP) is 11.9. The van der Waals surface area contributed by atoms with Gasteiger partial charge in [-0.05, 0) is 90.3 Å². The number of hydrogen-bond donors (Lipinski definition) is 0. The van der Waals surface area contributed by atoms with Gasteiger partial charge in [0.15, 0.2) is 5.69 Å². The first-order valence-electron chi connectivity index (χ1n) is 16.7. The Hall–Kier alpha value is -6.91. The van der Waals surface area contributed by atoms with Gasteiger partial charge < -0.3 is 14.5 Å². The second-order valence-electron chi connectivity index (χ2n) is 12.6. The number of halogens is 1. The topological polar surface area (TPSA) is 37.9 Å². The van der Waals surface area contributed by atoms with E-state index in [4.69, 9.17) is 16.3 Å². The van der Waals surface area contributed by atoms with Crippen LogP contribution in [0, 0.1) is 19.3 Å². The van der Waals surface area contributed by atoms with Gasteiger partial charge in [-0.25, -0.2) is 14.2 Å². The predicted molar refractivity (Wildman–Crippen MR) is 204 cm³/mol. The Morgan fingerprint density at radius 2 is 1.37 bits per heavy atom.